The van der Waals surface area contributed by atoms with Crippen molar-refractivity contribution in [3.05, 3.63) is 77.1 Å². The van der Waals surface area contributed by atoms with E-state index in [4.69, 9.17) is 23.7 Å². The number of Topliss-reactive ketones (excluding diaryl/α,β-unsaturated/α-hetero) is 1. The Morgan fingerprint density at radius 2 is 1.65 bits per heavy atom. The lowest BCUT2D eigenvalue weighted by atomic mass is 9.94. The summed E-state index contributed by atoms with van der Waals surface area (Å²) >= 11 is 0. The molecule has 37 heavy (non-hydrogen) atoms. The van der Waals surface area contributed by atoms with Crippen LogP contribution < -0.4 is 23.7 Å². The van der Waals surface area contributed by atoms with E-state index < -0.39 is 17.7 Å². The van der Waals surface area contributed by atoms with E-state index in [0.717, 1.165) is 5.56 Å². The number of rotatable bonds is 7. The number of carbonyl (C=O) groups excluding carboxylic acids is 2. The van der Waals surface area contributed by atoms with E-state index in [9.17, 15) is 14.7 Å². The van der Waals surface area contributed by atoms with Gasteiger partial charge in [0.1, 0.15) is 5.76 Å². The molecule has 1 saturated heterocycles. The topological polar surface area (TPSA) is 117 Å². The van der Waals surface area contributed by atoms with Crippen LogP contribution in [0.1, 0.15) is 22.7 Å². The second kappa shape index (κ2) is 9.73. The Morgan fingerprint density at radius 3 is 2.30 bits per heavy atom. The molecule has 1 atom stereocenters. The van der Waals surface area contributed by atoms with Crippen LogP contribution in [0.2, 0.25) is 0 Å². The van der Waals surface area contributed by atoms with Crippen molar-refractivity contribution in [3.8, 4) is 28.7 Å². The van der Waals surface area contributed by atoms with Gasteiger partial charge in [-0.25, -0.2) is 0 Å². The fraction of sp³-hybridized carbons (Fsp3) is 0.222. The van der Waals surface area contributed by atoms with Gasteiger partial charge in [0.15, 0.2) is 23.0 Å². The normalized spacial score (nSPS) is 17.7. The lowest BCUT2D eigenvalue weighted by molar-refractivity contribution is -0.140. The first-order valence-electron chi connectivity index (χ1n) is 11.3. The number of hydrogen-bond donors (Lipinski definition) is 1. The van der Waals surface area contributed by atoms with E-state index in [1.54, 1.807) is 54.9 Å². The van der Waals surface area contributed by atoms with Crippen LogP contribution >= 0.6 is 0 Å². The number of ether oxygens (including phenoxy) is 5. The number of methoxy groups -OCH3 is 3. The number of aliphatic hydroxyl groups excluding tert-OH is 1. The summed E-state index contributed by atoms with van der Waals surface area (Å²) in [6, 6.07) is 10.7. The number of carbonyl (C=O) groups is 2. The van der Waals surface area contributed by atoms with Gasteiger partial charge in [0, 0.05) is 24.5 Å². The SMILES string of the molecule is COc1cc(C2/C(=C(\O)c3ccc4c(c3)OCO4)C(=O)C(=O)N2Cc2ccncc2)cc(OC)c1OC. The number of ketones is 1. The first-order valence-corrected chi connectivity index (χ1v) is 11.3. The van der Waals surface area contributed by atoms with Crippen LogP contribution in [0.3, 0.4) is 0 Å². The second-order valence-electron chi connectivity index (χ2n) is 8.31. The summed E-state index contributed by atoms with van der Waals surface area (Å²) in [4.78, 5) is 32.2. The molecule has 0 aliphatic carbocycles. The lowest BCUT2D eigenvalue weighted by Crippen LogP contribution is -2.29. The molecule has 0 saturated carbocycles. The van der Waals surface area contributed by atoms with Crippen molar-refractivity contribution in [2.75, 3.05) is 28.1 Å². The number of nitrogens with zero attached hydrogens (tertiary/aromatic N) is 2. The highest BCUT2D eigenvalue weighted by Gasteiger charge is 2.46. The number of hydrogen-bond acceptors (Lipinski definition) is 9. The zero-order valence-electron chi connectivity index (χ0n) is 20.4. The predicted octanol–water partition coefficient (Wildman–Crippen LogP) is 3.46. The van der Waals surface area contributed by atoms with E-state index in [-0.39, 0.29) is 24.7 Å². The van der Waals surface area contributed by atoms with E-state index in [2.05, 4.69) is 4.98 Å². The molecular weight excluding hydrogens is 480 g/mol. The quantitative estimate of drug-likeness (QED) is 0.293. The monoisotopic (exact) mass is 504 g/mol. The molecule has 1 aromatic heterocycles. The maximum absolute atomic E-state index is 13.4. The summed E-state index contributed by atoms with van der Waals surface area (Å²) in [7, 11) is 4.43. The molecule has 0 radical (unpaired) electrons. The molecule has 2 aromatic carbocycles. The molecule has 190 valence electrons. The summed E-state index contributed by atoms with van der Waals surface area (Å²) in [6.07, 6.45) is 3.21. The van der Waals surface area contributed by atoms with E-state index in [0.29, 0.717) is 39.9 Å². The Kier molecular flexibility index (Phi) is 6.31. The Bertz CT molecular complexity index is 1380. The molecule has 2 aliphatic rings. The fourth-order valence-electron chi connectivity index (χ4n) is 4.53. The van der Waals surface area contributed by atoms with Crippen molar-refractivity contribution in [1.29, 1.82) is 0 Å². The fourth-order valence-corrected chi connectivity index (χ4v) is 4.53. The van der Waals surface area contributed by atoms with Gasteiger partial charge in [-0.3, -0.25) is 14.6 Å². The van der Waals surface area contributed by atoms with Gasteiger partial charge in [-0.1, -0.05) is 0 Å². The summed E-state index contributed by atoms with van der Waals surface area (Å²) in [5.74, 6) is 0.0863. The lowest BCUT2D eigenvalue weighted by Gasteiger charge is -2.26. The van der Waals surface area contributed by atoms with E-state index >= 15 is 0 Å². The highest BCUT2D eigenvalue weighted by Crippen LogP contribution is 2.46. The number of aromatic nitrogens is 1. The third-order valence-corrected chi connectivity index (χ3v) is 6.29. The van der Waals surface area contributed by atoms with Crippen molar-refractivity contribution in [1.82, 2.24) is 9.88 Å². The minimum absolute atomic E-state index is 0.0569. The van der Waals surface area contributed by atoms with Gasteiger partial charge in [0.05, 0.1) is 32.9 Å². The Hall–Kier alpha value is -4.73. The van der Waals surface area contributed by atoms with Gasteiger partial charge in [0.2, 0.25) is 12.5 Å². The van der Waals surface area contributed by atoms with Crippen LogP contribution in [0.5, 0.6) is 28.7 Å². The minimum atomic E-state index is -0.952. The summed E-state index contributed by atoms with van der Waals surface area (Å²) in [5, 5.41) is 11.4. The molecule has 2 aliphatic heterocycles. The summed E-state index contributed by atoms with van der Waals surface area (Å²) in [6.45, 7) is 0.160. The van der Waals surface area contributed by atoms with Crippen LogP contribution in [0.4, 0.5) is 0 Å². The van der Waals surface area contributed by atoms with E-state index in [1.807, 2.05) is 0 Å². The molecule has 0 spiro atoms. The highest BCUT2D eigenvalue weighted by molar-refractivity contribution is 6.46. The largest absolute Gasteiger partial charge is 0.507 e. The van der Waals surface area contributed by atoms with Crippen molar-refractivity contribution < 1.29 is 38.4 Å². The van der Waals surface area contributed by atoms with Gasteiger partial charge in [0.25, 0.3) is 11.7 Å². The third-order valence-electron chi connectivity index (χ3n) is 6.29. The molecule has 1 amide bonds. The van der Waals surface area contributed by atoms with Gasteiger partial charge in [-0.2, -0.15) is 0 Å². The van der Waals surface area contributed by atoms with Crippen LogP contribution in [-0.4, -0.2) is 54.8 Å². The van der Waals surface area contributed by atoms with Crippen LogP contribution in [0, 0.1) is 0 Å². The number of likely N-dealkylation sites (tertiary alicyclic amines) is 1. The summed E-state index contributed by atoms with van der Waals surface area (Å²) < 4.78 is 27.2. The van der Waals surface area contributed by atoms with E-state index in [1.165, 1.54) is 26.2 Å². The average molecular weight is 504 g/mol. The Balaban J connectivity index is 1.70. The predicted molar refractivity (Wildman–Crippen MR) is 131 cm³/mol. The molecule has 3 aromatic rings. The smallest absolute Gasteiger partial charge is 0.295 e. The number of aliphatic hydroxyl groups is 1. The molecule has 10 nitrogen and oxygen atoms in total. The van der Waals surface area contributed by atoms with Crippen LogP contribution in [0.15, 0.2) is 60.4 Å². The van der Waals surface area contributed by atoms with Crippen molar-refractivity contribution in [2.45, 2.75) is 12.6 Å². The van der Waals surface area contributed by atoms with Gasteiger partial charge in [-0.15, -0.1) is 0 Å². The molecule has 1 fully saturated rings. The van der Waals surface area contributed by atoms with Gasteiger partial charge in [-0.05, 0) is 53.6 Å². The number of fused-ring (bicyclic) bond motifs is 1. The zero-order valence-corrected chi connectivity index (χ0v) is 20.4. The summed E-state index contributed by atoms with van der Waals surface area (Å²) in [5.41, 5.74) is 1.48. The molecular formula is C27H24N2O8. The molecule has 1 N–H and O–H groups in total. The zero-order chi connectivity index (χ0) is 26.1. The Labute approximate surface area is 212 Å². The van der Waals surface area contributed by atoms with Crippen LogP contribution in [0.25, 0.3) is 5.76 Å². The number of amides is 1. The molecule has 0 bridgehead atoms. The molecule has 10 heteroatoms. The maximum Gasteiger partial charge on any atom is 0.295 e. The third kappa shape index (κ3) is 4.16. The number of pyridine rings is 1. The first kappa shape index (κ1) is 24.0. The minimum Gasteiger partial charge on any atom is -0.507 e. The number of benzene rings is 2. The van der Waals surface area contributed by atoms with Gasteiger partial charge < -0.3 is 33.7 Å². The van der Waals surface area contributed by atoms with Crippen molar-refractivity contribution in [2.24, 2.45) is 0 Å². The van der Waals surface area contributed by atoms with Crippen molar-refractivity contribution in [3.63, 3.8) is 0 Å². The molecule has 5 rings (SSSR count). The Morgan fingerprint density at radius 1 is 0.973 bits per heavy atom. The first-order chi connectivity index (χ1) is 18.0. The molecule has 1 unspecified atom stereocenters. The standard InChI is InChI=1S/C27H24N2O8/c1-33-20-11-17(12-21(34-2)26(20)35-3)23-22(24(30)16-4-5-18-19(10-16)37-14-36-18)25(31)27(32)29(23)13-15-6-8-28-9-7-15/h4-12,23,30H,13-14H2,1-3H3/b24-22+. The average Bonchev–Trinajstić information content (AvgIpc) is 3.50. The van der Waals surface area contributed by atoms with Crippen LogP contribution in [-0.2, 0) is 16.1 Å². The molecule has 3 heterocycles. The van der Waals surface area contributed by atoms with Crippen molar-refractivity contribution >= 4 is 17.4 Å². The van der Waals surface area contributed by atoms with Gasteiger partial charge >= 0.3 is 0 Å². The maximum atomic E-state index is 13.4. The second-order valence-corrected chi connectivity index (χ2v) is 8.31. The highest BCUT2D eigenvalue weighted by atomic mass is 16.7.